The van der Waals surface area contributed by atoms with Crippen molar-refractivity contribution >= 4 is 11.7 Å². The molecule has 0 aliphatic heterocycles. The number of benzene rings is 1. The van der Waals surface area contributed by atoms with E-state index in [1.165, 1.54) is 14.2 Å². The molecule has 0 aliphatic carbocycles. The Balaban J connectivity index is 2.37. The van der Waals surface area contributed by atoms with E-state index < -0.39 is 6.29 Å². The Bertz CT molecular complexity index is 347. The van der Waals surface area contributed by atoms with Gasteiger partial charge in [0, 0.05) is 19.9 Å². The fraction of sp³-hybridized carbons (Fsp3) is 0.417. The molecule has 0 heterocycles. The molecule has 94 valence electrons. The molecule has 2 N–H and O–H groups in total. The average molecular weight is 238 g/mol. The van der Waals surface area contributed by atoms with E-state index in [0.29, 0.717) is 6.54 Å². The number of nitrogens with one attached hydrogen (secondary N) is 2. The Labute approximate surface area is 101 Å². The van der Waals surface area contributed by atoms with Crippen LogP contribution in [0.3, 0.4) is 0 Å². The van der Waals surface area contributed by atoms with E-state index in [1.54, 1.807) is 0 Å². The van der Waals surface area contributed by atoms with Crippen LogP contribution in [0.1, 0.15) is 5.56 Å². The third-order valence-corrected chi connectivity index (χ3v) is 2.26. The minimum Gasteiger partial charge on any atom is -0.354 e. The molecule has 0 radical (unpaired) electrons. The lowest BCUT2D eigenvalue weighted by molar-refractivity contribution is -0.0970. The van der Waals surface area contributed by atoms with Crippen molar-refractivity contribution in [1.29, 1.82) is 0 Å². The molecule has 0 unspecified atom stereocenters. The zero-order chi connectivity index (χ0) is 12.7. The van der Waals surface area contributed by atoms with Gasteiger partial charge in [-0.15, -0.1) is 0 Å². The summed E-state index contributed by atoms with van der Waals surface area (Å²) in [6, 6.07) is 7.27. The fourth-order valence-electron chi connectivity index (χ4n) is 1.25. The Hall–Kier alpha value is -1.59. The van der Waals surface area contributed by atoms with Gasteiger partial charge in [0.2, 0.25) is 0 Å². The van der Waals surface area contributed by atoms with Gasteiger partial charge in [-0.25, -0.2) is 4.79 Å². The van der Waals surface area contributed by atoms with Gasteiger partial charge in [-0.1, -0.05) is 17.7 Å². The lowest BCUT2D eigenvalue weighted by atomic mass is 10.2. The molecule has 5 nitrogen and oxygen atoms in total. The summed E-state index contributed by atoms with van der Waals surface area (Å²) in [5.74, 6) is 0. The zero-order valence-corrected chi connectivity index (χ0v) is 10.3. The molecular weight excluding hydrogens is 220 g/mol. The predicted octanol–water partition coefficient (Wildman–Crippen LogP) is 1.74. The number of hydrogen-bond acceptors (Lipinski definition) is 3. The Morgan fingerprint density at radius 1 is 1.24 bits per heavy atom. The quantitative estimate of drug-likeness (QED) is 0.768. The van der Waals surface area contributed by atoms with Gasteiger partial charge in [-0.3, -0.25) is 0 Å². The maximum atomic E-state index is 11.5. The molecule has 0 aliphatic rings. The van der Waals surface area contributed by atoms with E-state index in [-0.39, 0.29) is 6.03 Å². The topological polar surface area (TPSA) is 59.6 Å². The number of urea groups is 1. The maximum absolute atomic E-state index is 11.5. The zero-order valence-electron chi connectivity index (χ0n) is 10.3. The number of methoxy groups -OCH3 is 2. The van der Waals surface area contributed by atoms with Crippen LogP contribution in [-0.4, -0.2) is 33.1 Å². The number of aryl methyl sites for hydroxylation is 1. The molecule has 0 fully saturated rings. The van der Waals surface area contributed by atoms with Gasteiger partial charge in [-0.05, 0) is 19.1 Å². The van der Waals surface area contributed by atoms with Crippen molar-refractivity contribution in [3.63, 3.8) is 0 Å². The summed E-state index contributed by atoms with van der Waals surface area (Å²) in [5.41, 5.74) is 1.90. The fourth-order valence-corrected chi connectivity index (χ4v) is 1.25. The van der Waals surface area contributed by atoms with Gasteiger partial charge in [0.05, 0.1) is 6.54 Å². The highest BCUT2D eigenvalue weighted by molar-refractivity contribution is 5.89. The molecule has 0 atom stereocenters. The first-order chi connectivity index (χ1) is 8.15. The van der Waals surface area contributed by atoms with Crippen molar-refractivity contribution < 1.29 is 14.3 Å². The van der Waals surface area contributed by atoms with Crippen LogP contribution in [-0.2, 0) is 9.47 Å². The van der Waals surface area contributed by atoms with Gasteiger partial charge in [0.15, 0.2) is 6.29 Å². The van der Waals surface area contributed by atoms with E-state index in [1.807, 2.05) is 31.2 Å². The van der Waals surface area contributed by atoms with Gasteiger partial charge in [0.25, 0.3) is 0 Å². The molecule has 2 amide bonds. The number of amides is 2. The lowest BCUT2D eigenvalue weighted by Crippen LogP contribution is -2.36. The molecule has 1 aromatic carbocycles. The monoisotopic (exact) mass is 238 g/mol. The van der Waals surface area contributed by atoms with E-state index in [4.69, 9.17) is 9.47 Å². The normalized spacial score (nSPS) is 10.4. The number of carbonyl (C=O) groups excluding carboxylic acids is 1. The van der Waals surface area contributed by atoms with Gasteiger partial charge < -0.3 is 20.1 Å². The largest absolute Gasteiger partial charge is 0.354 e. The number of carbonyl (C=O) groups is 1. The number of anilines is 1. The molecule has 0 spiro atoms. The SMILES string of the molecule is COC(CNC(=O)Nc1ccc(C)cc1)OC. The number of hydrogen-bond donors (Lipinski definition) is 2. The molecule has 1 rings (SSSR count). The molecule has 0 saturated heterocycles. The van der Waals surface area contributed by atoms with Crippen LogP contribution in [0.2, 0.25) is 0 Å². The van der Waals surface area contributed by atoms with Gasteiger partial charge in [0.1, 0.15) is 0 Å². The second-order valence-electron chi connectivity index (χ2n) is 3.60. The summed E-state index contributed by atoms with van der Waals surface area (Å²) >= 11 is 0. The molecule has 0 aromatic heterocycles. The van der Waals surface area contributed by atoms with Crippen molar-refractivity contribution in [2.75, 3.05) is 26.1 Å². The summed E-state index contributed by atoms with van der Waals surface area (Å²) in [6.45, 7) is 2.29. The van der Waals surface area contributed by atoms with E-state index in [9.17, 15) is 4.79 Å². The highest BCUT2D eigenvalue weighted by Gasteiger charge is 2.07. The summed E-state index contributed by atoms with van der Waals surface area (Å²) in [6.07, 6.45) is -0.432. The van der Waals surface area contributed by atoms with Crippen molar-refractivity contribution in [2.45, 2.75) is 13.2 Å². The second kappa shape index (κ2) is 6.88. The standard InChI is InChI=1S/C12H18N2O3/c1-9-4-6-10(7-5-9)14-12(15)13-8-11(16-2)17-3/h4-7,11H,8H2,1-3H3,(H2,13,14,15). The van der Waals surface area contributed by atoms with Gasteiger partial charge >= 0.3 is 6.03 Å². The van der Waals surface area contributed by atoms with Crippen molar-refractivity contribution in [2.24, 2.45) is 0 Å². The number of rotatable bonds is 5. The Morgan fingerprint density at radius 2 is 1.82 bits per heavy atom. The van der Waals surface area contributed by atoms with Gasteiger partial charge in [-0.2, -0.15) is 0 Å². The minimum atomic E-state index is -0.432. The van der Waals surface area contributed by atoms with E-state index in [2.05, 4.69) is 10.6 Å². The summed E-state index contributed by atoms with van der Waals surface area (Å²) < 4.78 is 9.90. The molecule has 5 heteroatoms. The summed E-state index contributed by atoms with van der Waals surface area (Å²) in [7, 11) is 3.04. The van der Waals surface area contributed by atoms with Crippen LogP contribution in [0.5, 0.6) is 0 Å². The highest BCUT2D eigenvalue weighted by atomic mass is 16.7. The van der Waals surface area contributed by atoms with E-state index in [0.717, 1.165) is 11.3 Å². The molecular formula is C12H18N2O3. The highest BCUT2D eigenvalue weighted by Crippen LogP contribution is 2.07. The maximum Gasteiger partial charge on any atom is 0.319 e. The summed E-state index contributed by atoms with van der Waals surface area (Å²) in [5, 5.41) is 5.36. The van der Waals surface area contributed by atoms with Crippen molar-refractivity contribution in [1.82, 2.24) is 5.32 Å². The van der Waals surface area contributed by atoms with Crippen LogP contribution in [0, 0.1) is 6.92 Å². The van der Waals surface area contributed by atoms with Crippen molar-refractivity contribution in [3.8, 4) is 0 Å². The molecule has 0 saturated carbocycles. The third kappa shape index (κ3) is 4.84. The van der Waals surface area contributed by atoms with E-state index >= 15 is 0 Å². The Morgan fingerprint density at radius 3 is 2.35 bits per heavy atom. The summed E-state index contributed by atoms with van der Waals surface area (Å²) in [4.78, 5) is 11.5. The minimum absolute atomic E-state index is 0.284. The lowest BCUT2D eigenvalue weighted by Gasteiger charge is -2.14. The molecule has 17 heavy (non-hydrogen) atoms. The molecule has 1 aromatic rings. The first kappa shape index (κ1) is 13.5. The first-order valence-electron chi connectivity index (χ1n) is 5.33. The average Bonchev–Trinajstić information content (AvgIpc) is 2.33. The van der Waals surface area contributed by atoms with Crippen LogP contribution in [0.25, 0.3) is 0 Å². The van der Waals surface area contributed by atoms with Crippen LogP contribution >= 0.6 is 0 Å². The second-order valence-corrected chi connectivity index (χ2v) is 3.60. The van der Waals surface area contributed by atoms with Crippen molar-refractivity contribution in [3.05, 3.63) is 29.8 Å². The van der Waals surface area contributed by atoms with Crippen LogP contribution < -0.4 is 10.6 Å². The van der Waals surface area contributed by atoms with Crippen LogP contribution in [0.4, 0.5) is 10.5 Å². The third-order valence-electron chi connectivity index (χ3n) is 2.26. The number of ether oxygens (including phenoxy) is 2. The Kier molecular flexibility index (Phi) is 5.45. The smallest absolute Gasteiger partial charge is 0.319 e. The first-order valence-corrected chi connectivity index (χ1v) is 5.33. The predicted molar refractivity (Wildman–Crippen MR) is 66.0 cm³/mol. The molecule has 0 bridgehead atoms. The van der Waals surface area contributed by atoms with Crippen LogP contribution in [0.15, 0.2) is 24.3 Å².